The summed E-state index contributed by atoms with van der Waals surface area (Å²) in [5.74, 6) is 0. The number of rotatable bonds is 2. The van der Waals surface area contributed by atoms with Gasteiger partial charge in [0, 0.05) is 6.42 Å². The second-order valence-electron chi connectivity index (χ2n) is 3.97. The van der Waals surface area contributed by atoms with Crippen molar-refractivity contribution in [1.82, 2.24) is 0 Å². The SMILES string of the molecule is CC1(Cc2ccc(Cl)c(Cl)c2)CCO1. The highest BCUT2D eigenvalue weighted by Gasteiger charge is 2.33. The molecule has 1 aliphatic rings. The Morgan fingerprint density at radius 2 is 2.07 bits per heavy atom. The molecule has 0 spiro atoms. The van der Waals surface area contributed by atoms with E-state index in [1.54, 1.807) is 0 Å². The molecule has 14 heavy (non-hydrogen) atoms. The minimum Gasteiger partial charge on any atom is -0.375 e. The summed E-state index contributed by atoms with van der Waals surface area (Å²) in [6, 6.07) is 5.75. The van der Waals surface area contributed by atoms with Crippen LogP contribution in [0.5, 0.6) is 0 Å². The summed E-state index contributed by atoms with van der Waals surface area (Å²) in [7, 11) is 0. The molecule has 1 aliphatic heterocycles. The molecule has 0 radical (unpaired) electrons. The summed E-state index contributed by atoms with van der Waals surface area (Å²) in [6.45, 7) is 3.00. The Hall–Kier alpha value is -0.240. The summed E-state index contributed by atoms with van der Waals surface area (Å²) < 4.78 is 5.52. The Kier molecular flexibility index (Phi) is 2.74. The van der Waals surface area contributed by atoms with E-state index >= 15 is 0 Å². The second kappa shape index (κ2) is 3.73. The van der Waals surface area contributed by atoms with Crippen LogP contribution in [0.1, 0.15) is 18.9 Å². The third-order valence-corrected chi connectivity index (χ3v) is 3.38. The van der Waals surface area contributed by atoms with Gasteiger partial charge in [0.15, 0.2) is 0 Å². The fourth-order valence-electron chi connectivity index (χ4n) is 1.67. The average molecular weight is 231 g/mol. The monoisotopic (exact) mass is 230 g/mol. The third kappa shape index (κ3) is 2.05. The molecule has 1 heterocycles. The van der Waals surface area contributed by atoms with Gasteiger partial charge in [0.05, 0.1) is 22.3 Å². The van der Waals surface area contributed by atoms with Gasteiger partial charge in [-0.15, -0.1) is 0 Å². The Bertz CT molecular complexity index is 345. The first kappa shape index (κ1) is 10.3. The van der Waals surface area contributed by atoms with Gasteiger partial charge in [-0.05, 0) is 31.0 Å². The topological polar surface area (TPSA) is 9.23 Å². The van der Waals surface area contributed by atoms with E-state index in [1.807, 2.05) is 18.2 Å². The molecule has 2 rings (SSSR count). The smallest absolute Gasteiger partial charge is 0.0716 e. The standard InChI is InChI=1S/C11H12Cl2O/c1-11(4-5-14-11)7-8-2-3-9(12)10(13)6-8/h2-3,6H,4-5,7H2,1H3. The molecule has 3 heteroatoms. The number of hydrogen-bond acceptors (Lipinski definition) is 1. The number of halogens is 2. The van der Waals surface area contributed by atoms with Crippen LogP contribution < -0.4 is 0 Å². The predicted octanol–water partition coefficient (Wildman–Crippen LogP) is 3.71. The summed E-state index contributed by atoms with van der Waals surface area (Å²) >= 11 is 11.8. The molecule has 0 amide bonds. The van der Waals surface area contributed by atoms with E-state index < -0.39 is 0 Å². The van der Waals surface area contributed by atoms with Gasteiger partial charge in [0.2, 0.25) is 0 Å². The molecule has 1 atom stereocenters. The average Bonchev–Trinajstić information content (AvgIpc) is 2.09. The molecule has 0 saturated carbocycles. The van der Waals surface area contributed by atoms with Crippen molar-refractivity contribution >= 4 is 23.2 Å². The quantitative estimate of drug-likeness (QED) is 0.753. The van der Waals surface area contributed by atoms with E-state index in [2.05, 4.69) is 6.92 Å². The molecule has 1 saturated heterocycles. The minimum atomic E-state index is 0.0111. The van der Waals surface area contributed by atoms with Crippen LogP contribution in [0.3, 0.4) is 0 Å². The van der Waals surface area contributed by atoms with Crippen LogP contribution in [-0.4, -0.2) is 12.2 Å². The summed E-state index contributed by atoms with van der Waals surface area (Å²) in [6.07, 6.45) is 2.02. The van der Waals surface area contributed by atoms with E-state index in [-0.39, 0.29) is 5.60 Å². The fraction of sp³-hybridized carbons (Fsp3) is 0.455. The lowest BCUT2D eigenvalue weighted by Gasteiger charge is -2.38. The van der Waals surface area contributed by atoms with Crippen LogP contribution in [0.25, 0.3) is 0 Å². The van der Waals surface area contributed by atoms with Gasteiger partial charge in [-0.25, -0.2) is 0 Å². The lowest BCUT2D eigenvalue weighted by atomic mass is 9.89. The first-order valence-electron chi connectivity index (χ1n) is 4.67. The zero-order chi connectivity index (χ0) is 10.2. The van der Waals surface area contributed by atoms with Gasteiger partial charge in [-0.3, -0.25) is 0 Å². The third-order valence-electron chi connectivity index (χ3n) is 2.64. The van der Waals surface area contributed by atoms with E-state index in [4.69, 9.17) is 27.9 Å². The molecule has 1 aromatic rings. The zero-order valence-corrected chi connectivity index (χ0v) is 9.53. The first-order valence-corrected chi connectivity index (χ1v) is 5.43. The fourth-order valence-corrected chi connectivity index (χ4v) is 1.99. The van der Waals surface area contributed by atoms with Crippen LogP contribution in [0, 0.1) is 0 Å². The largest absolute Gasteiger partial charge is 0.375 e. The van der Waals surface area contributed by atoms with Crippen LogP contribution >= 0.6 is 23.2 Å². The molecule has 0 aliphatic carbocycles. The van der Waals surface area contributed by atoms with Crippen molar-refractivity contribution in [1.29, 1.82) is 0 Å². The van der Waals surface area contributed by atoms with E-state index in [0.717, 1.165) is 19.4 Å². The van der Waals surface area contributed by atoms with E-state index in [9.17, 15) is 0 Å². The van der Waals surface area contributed by atoms with Gasteiger partial charge in [0.1, 0.15) is 0 Å². The van der Waals surface area contributed by atoms with Gasteiger partial charge in [-0.1, -0.05) is 29.3 Å². The van der Waals surface area contributed by atoms with Crippen LogP contribution in [0.4, 0.5) is 0 Å². The molecule has 0 aromatic heterocycles. The number of benzene rings is 1. The molecule has 76 valence electrons. The molecule has 0 bridgehead atoms. The van der Waals surface area contributed by atoms with Gasteiger partial charge in [-0.2, -0.15) is 0 Å². The van der Waals surface area contributed by atoms with Gasteiger partial charge >= 0.3 is 0 Å². The zero-order valence-electron chi connectivity index (χ0n) is 8.02. The molecule has 1 aromatic carbocycles. The normalized spacial score (nSPS) is 25.9. The molecule has 1 nitrogen and oxygen atoms in total. The first-order chi connectivity index (χ1) is 6.59. The van der Waals surface area contributed by atoms with Gasteiger partial charge < -0.3 is 4.74 Å². The van der Waals surface area contributed by atoms with Crippen molar-refractivity contribution in [2.24, 2.45) is 0 Å². The van der Waals surface area contributed by atoms with Crippen molar-refractivity contribution in [3.8, 4) is 0 Å². The Labute approximate surface area is 94.0 Å². The molecule has 0 N–H and O–H groups in total. The maximum atomic E-state index is 5.93. The van der Waals surface area contributed by atoms with Crippen LogP contribution in [0.15, 0.2) is 18.2 Å². The van der Waals surface area contributed by atoms with E-state index in [0.29, 0.717) is 10.0 Å². The highest BCUT2D eigenvalue weighted by Crippen LogP contribution is 2.31. The van der Waals surface area contributed by atoms with Crippen LogP contribution in [-0.2, 0) is 11.2 Å². The lowest BCUT2D eigenvalue weighted by molar-refractivity contribution is -0.132. The molecule has 1 fully saturated rings. The van der Waals surface area contributed by atoms with Gasteiger partial charge in [0.25, 0.3) is 0 Å². The van der Waals surface area contributed by atoms with Crippen molar-refractivity contribution in [3.63, 3.8) is 0 Å². The second-order valence-corrected chi connectivity index (χ2v) is 4.79. The van der Waals surface area contributed by atoms with Crippen molar-refractivity contribution in [3.05, 3.63) is 33.8 Å². The molecular formula is C11H12Cl2O. The molecule has 1 unspecified atom stereocenters. The summed E-state index contributed by atoms with van der Waals surface area (Å²) in [5.41, 5.74) is 1.19. The highest BCUT2D eigenvalue weighted by molar-refractivity contribution is 6.42. The highest BCUT2D eigenvalue weighted by atomic mass is 35.5. The Morgan fingerprint density at radius 1 is 1.36 bits per heavy atom. The minimum absolute atomic E-state index is 0.0111. The maximum Gasteiger partial charge on any atom is 0.0716 e. The Morgan fingerprint density at radius 3 is 2.57 bits per heavy atom. The lowest BCUT2D eigenvalue weighted by Crippen LogP contribution is -2.42. The number of ether oxygens (including phenoxy) is 1. The predicted molar refractivity (Wildman–Crippen MR) is 59.1 cm³/mol. The van der Waals surface area contributed by atoms with Crippen molar-refractivity contribution in [2.75, 3.05) is 6.61 Å². The summed E-state index contributed by atoms with van der Waals surface area (Å²) in [4.78, 5) is 0. The van der Waals surface area contributed by atoms with Crippen molar-refractivity contribution in [2.45, 2.75) is 25.4 Å². The van der Waals surface area contributed by atoms with E-state index in [1.165, 1.54) is 5.56 Å². The summed E-state index contributed by atoms with van der Waals surface area (Å²) in [5, 5.41) is 1.22. The Balaban J connectivity index is 2.13. The van der Waals surface area contributed by atoms with Crippen LogP contribution in [0.2, 0.25) is 10.0 Å². The van der Waals surface area contributed by atoms with Crippen molar-refractivity contribution < 1.29 is 4.74 Å². The maximum absolute atomic E-state index is 5.93. The molecular weight excluding hydrogens is 219 g/mol. The number of hydrogen-bond donors (Lipinski definition) is 0.